The van der Waals surface area contributed by atoms with Crippen molar-refractivity contribution in [1.82, 2.24) is 4.90 Å². The van der Waals surface area contributed by atoms with E-state index in [1.807, 2.05) is 4.90 Å². The second kappa shape index (κ2) is 7.02. The molecule has 1 saturated heterocycles. The van der Waals surface area contributed by atoms with Crippen LogP contribution in [0.1, 0.15) is 48.9 Å². The summed E-state index contributed by atoms with van der Waals surface area (Å²) in [6, 6.07) is 6.51. The number of phenolic OH excluding ortho intramolecular Hbond substituents is 1. The van der Waals surface area contributed by atoms with Gasteiger partial charge in [0.1, 0.15) is 11.3 Å². The Bertz CT molecular complexity index is 584. The Labute approximate surface area is 136 Å². The van der Waals surface area contributed by atoms with Crippen molar-refractivity contribution >= 4 is 11.9 Å². The summed E-state index contributed by atoms with van der Waals surface area (Å²) in [5.41, 5.74) is 0.0921. The number of nitrogens with zero attached hydrogens (tertiary/aromatic N) is 1. The van der Waals surface area contributed by atoms with Crippen molar-refractivity contribution in [2.24, 2.45) is 5.92 Å². The third kappa shape index (κ3) is 3.49. The summed E-state index contributed by atoms with van der Waals surface area (Å²) in [7, 11) is 0. The number of esters is 1. The summed E-state index contributed by atoms with van der Waals surface area (Å²) in [5, 5.41) is 9.65. The maximum Gasteiger partial charge on any atom is 0.342 e. The Morgan fingerprint density at radius 2 is 1.87 bits per heavy atom. The van der Waals surface area contributed by atoms with Gasteiger partial charge in [0.15, 0.2) is 6.61 Å². The molecule has 5 nitrogen and oxygen atoms in total. The van der Waals surface area contributed by atoms with E-state index in [1.54, 1.807) is 12.1 Å². The fourth-order valence-electron chi connectivity index (χ4n) is 3.87. The minimum absolute atomic E-state index is 0.0921. The molecule has 0 aromatic heterocycles. The Hall–Kier alpha value is -2.04. The van der Waals surface area contributed by atoms with E-state index in [1.165, 1.54) is 37.8 Å². The monoisotopic (exact) mass is 317 g/mol. The van der Waals surface area contributed by atoms with Crippen LogP contribution in [0.4, 0.5) is 0 Å². The summed E-state index contributed by atoms with van der Waals surface area (Å²) in [6.45, 7) is 0.504. The molecule has 1 aliphatic carbocycles. The average molecular weight is 317 g/mol. The van der Waals surface area contributed by atoms with E-state index < -0.39 is 5.97 Å². The summed E-state index contributed by atoms with van der Waals surface area (Å²) in [4.78, 5) is 26.4. The maximum absolute atomic E-state index is 12.5. The molecule has 2 aliphatic rings. The Morgan fingerprint density at radius 3 is 2.70 bits per heavy atom. The first kappa shape index (κ1) is 15.8. The van der Waals surface area contributed by atoms with Gasteiger partial charge in [-0.2, -0.15) is 0 Å². The zero-order valence-corrected chi connectivity index (χ0v) is 13.2. The van der Waals surface area contributed by atoms with Gasteiger partial charge < -0.3 is 14.7 Å². The first-order valence-electron chi connectivity index (χ1n) is 8.41. The minimum Gasteiger partial charge on any atom is -0.507 e. The number of fused-ring (bicyclic) bond motifs is 1. The van der Waals surface area contributed by atoms with E-state index in [9.17, 15) is 14.7 Å². The van der Waals surface area contributed by atoms with Crippen molar-refractivity contribution in [3.8, 4) is 5.75 Å². The number of amides is 1. The predicted molar refractivity (Wildman–Crippen MR) is 85.1 cm³/mol. The van der Waals surface area contributed by atoms with Gasteiger partial charge >= 0.3 is 5.97 Å². The first-order chi connectivity index (χ1) is 11.2. The summed E-state index contributed by atoms with van der Waals surface area (Å²) in [6.07, 6.45) is 6.91. The third-order valence-electron chi connectivity index (χ3n) is 5.01. The van der Waals surface area contributed by atoms with E-state index >= 15 is 0 Å². The molecule has 0 spiro atoms. The summed E-state index contributed by atoms with van der Waals surface area (Å²) in [5.74, 6) is -0.301. The standard InChI is InChI=1S/C18H23NO4/c20-16-10-4-2-8-14(16)18(22)23-12-17(21)19-11-5-7-13-6-1-3-9-15(13)19/h2,4,8,10,13,15,20H,1,3,5-7,9,11-12H2/t13-,15-/m0/s1. The van der Waals surface area contributed by atoms with E-state index in [0.29, 0.717) is 12.0 Å². The first-order valence-corrected chi connectivity index (χ1v) is 8.41. The van der Waals surface area contributed by atoms with Crippen molar-refractivity contribution < 1.29 is 19.4 Å². The number of rotatable bonds is 3. The van der Waals surface area contributed by atoms with Crippen molar-refractivity contribution in [3.63, 3.8) is 0 Å². The molecule has 2 fully saturated rings. The fraction of sp³-hybridized carbons (Fsp3) is 0.556. The van der Waals surface area contributed by atoms with Crippen molar-refractivity contribution in [3.05, 3.63) is 29.8 Å². The number of phenols is 1. The van der Waals surface area contributed by atoms with Crippen molar-refractivity contribution in [2.75, 3.05) is 13.2 Å². The highest BCUT2D eigenvalue weighted by Gasteiger charge is 2.35. The van der Waals surface area contributed by atoms with E-state index in [4.69, 9.17) is 4.74 Å². The van der Waals surface area contributed by atoms with Gasteiger partial charge in [0.25, 0.3) is 5.91 Å². The Kier molecular flexibility index (Phi) is 4.84. The highest BCUT2D eigenvalue weighted by Crippen LogP contribution is 2.35. The smallest absolute Gasteiger partial charge is 0.342 e. The maximum atomic E-state index is 12.5. The van der Waals surface area contributed by atoms with Crippen LogP contribution < -0.4 is 0 Å². The SMILES string of the molecule is O=C(OCC(=O)N1CCC[C@@H]2CCCC[C@@H]21)c1ccccc1O. The molecule has 0 bridgehead atoms. The van der Waals surface area contributed by atoms with Crippen molar-refractivity contribution in [2.45, 2.75) is 44.6 Å². The molecule has 1 aromatic rings. The van der Waals surface area contributed by atoms with Gasteiger partial charge in [0.2, 0.25) is 0 Å². The lowest BCUT2D eigenvalue weighted by molar-refractivity contribution is -0.140. The molecule has 1 aliphatic heterocycles. The molecule has 1 heterocycles. The number of hydrogen-bond donors (Lipinski definition) is 1. The second-order valence-electron chi connectivity index (χ2n) is 6.43. The highest BCUT2D eigenvalue weighted by atomic mass is 16.5. The zero-order valence-electron chi connectivity index (χ0n) is 13.2. The van der Waals surface area contributed by atoms with Crippen LogP contribution in [-0.4, -0.2) is 41.1 Å². The quantitative estimate of drug-likeness (QED) is 0.871. The molecule has 1 saturated carbocycles. The van der Waals surface area contributed by atoms with Gasteiger partial charge in [-0.05, 0) is 43.7 Å². The predicted octanol–water partition coefficient (Wildman–Crippen LogP) is 2.73. The van der Waals surface area contributed by atoms with Crippen LogP contribution >= 0.6 is 0 Å². The largest absolute Gasteiger partial charge is 0.507 e. The van der Waals surface area contributed by atoms with Crippen LogP contribution in [0.15, 0.2) is 24.3 Å². The number of likely N-dealkylation sites (tertiary alicyclic amines) is 1. The van der Waals surface area contributed by atoms with Gasteiger partial charge in [-0.25, -0.2) is 4.79 Å². The summed E-state index contributed by atoms with van der Waals surface area (Å²) >= 11 is 0. The fourth-order valence-corrected chi connectivity index (χ4v) is 3.87. The molecule has 0 radical (unpaired) electrons. The van der Waals surface area contributed by atoms with Crippen LogP contribution in [0.3, 0.4) is 0 Å². The molecule has 5 heteroatoms. The molecule has 2 atom stereocenters. The van der Waals surface area contributed by atoms with E-state index in [-0.39, 0.29) is 23.8 Å². The molecule has 1 aromatic carbocycles. The summed E-state index contributed by atoms with van der Waals surface area (Å²) < 4.78 is 5.11. The van der Waals surface area contributed by atoms with Gasteiger partial charge in [-0.3, -0.25) is 4.79 Å². The number of carbonyl (C=O) groups is 2. The minimum atomic E-state index is -0.659. The van der Waals surface area contributed by atoms with Gasteiger partial charge in [-0.15, -0.1) is 0 Å². The Balaban J connectivity index is 1.58. The molecule has 0 unspecified atom stereocenters. The van der Waals surface area contributed by atoms with Crippen LogP contribution in [-0.2, 0) is 9.53 Å². The lowest BCUT2D eigenvalue weighted by atomic mass is 9.78. The molecule has 23 heavy (non-hydrogen) atoms. The number of piperidine rings is 1. The molecule has 1 N–H and O–H groups in total. The van der Waals surface area contributed by atoms with E-state index in [0.717, 1.165) is 19.4 Å². The van der Waals surface area contributed by atoms with E-state index in [2.05, 4.69) is 0 Å². The lowest BCUT2D eigenvalue weighted by Gasteiger charge is -2.44. The van der Waals surface area contributed by atoms with Crippen molar-refractivity contribution in [1.29, 1.82) is 0 Å². The number of carbonyl (C=O) groups excluding carboxylic acids is 2. The number of benzene rings is 1. The van der Waals surface area contributed by atoms with Crippen LogP contribution in [0.2, 0.25) is 0 Å². The van der Waals surface area contributed by atoms with Crippen LogP contribution in [0.25, 0.3) is 0 Å². The number of hydrogen-bond acceptors (Lipinski definition) is 4. The zero-order chi connectivity index (χ0) is 16.2. The van der Waals surface area contributed by atoms with Crippen LogP contribution in [0, 0.1) is 5.92 Å². The third-order valence-corrected chi connectivity index (χ3v) is 5.01. The average Bonchev–Trinajstić information content (AvgIpc) is 2.59. The van der Waals surface area contributed by atoms with Gasteiger partial charge in [0.05, 0.1) is 0 Å². The number of aromatic hydroxyl groups is 1. The highest BCUT2D eigenvalue weighted by molar-refractivity contribution is 5.93. The molecular weight excluding hydrogens is 294 g/mol. The molecule has 1 amide bonds. The molecule has 124 valence electrons. The topological polar surface area (TPSA) is 66.8 Å². The molecule has 3 rings (SSSR count). The number of ether oxygens (including phenoxy) is 1. The lowest BCUT2D eigenvalue weighted by Crippen LogP contribution is -2.50. The Morgan fingerprint density at radius 1 is 1.13 bits per heavy atom. The normalized spacial score (nSPS) is 23.9. The second-order valence-corrected chi connectivity index (χ2v) is 6.43. The van der Waals surface area contributed by atoms with Gasteiger partial charge in [-0.1, -0.05) is 25.0 Å². The van der Waals surface area contributed by atoms with Crippen LogP contribution in [0.5, 0.6) is 5.75 Å². The number of para-hydroxylation sites is 1. The van der Waals surface area contributed by atoms with Gasteiger partial charge in [0, 0.05) is 12.6 Å². The molecular formula is C18H23NO4.